The Morgan fingerprint density at radius 2 is 1.03 bits per heavy atom. The van der Waals surface area contributed by atoms with Crippen LogP contribution in [0.4, 0.5) is 45.5 Å². The Morgan fingerprint density at radius 3 is 1.60 bits per heavy atom. The molecule has 2 unspecified atom stereocenters. The Balaban J connectivity index is 1.18. The molecule has 4 nitrogen and oxygen atoms in total. The highest BCUT2D eigenvalue weighted by Gasteiger charge is 2.62. The zero-order valence-corrected chi connectivity index (χ0v) is 48.8. The molecule has 5 aliphatic rings. The third kappa shape index (κ3) is 7.44. The predicted molar refractivity (Wildman–Crippen MR) is 330 cm³/mol. The number of fused-ring (bicyclic) bond motifs is 10. The first kappa shape index (κ1) is 50.1. The highest BCUT2D eigenvalue weighted by Crippen LogP contribution is 2.63. The van der Waals surface area contributed by atoms with Crippen molar-refractivity contribution in [3.05, 3.63) is 173 Å². The summed E-state index contributed by atoms with van der Waals surface area (Å²) in [5.74, 6) is 0. The molecule has 7 aromatic carbocycles. The molecule has 0 amide bonds. The van der Waals surface area contributed by atoms with E-state index in [1.165, 1.54) is 96.4 Å². The Bertz CT molecular complexity index is 3620. The lowest BCUT2D eigenvalue weighted by Gasteiger charge is -2.52. The lowest BCUT2D eigenvalue weighted by molar-refractivity contribution is 0.195. The third-order valence-corrected chi connectivity index (χ3v) is 19.9. The van der Waals surface area contributed by atoms with E-state index in [9.17, 15) is 0 Å². The quantitative estimate of drug-likeness (QED) is 0.160. The fourth-order valence-corrected chi connectivity index (χ4v) is 14.8. The van der Waals surface area contributed by atoms with Crippen molar-refractivity contribution in [2.24, 2.45) is 0 Å². The average molecular weight is 1010 g/mol. The second-order valence-corrected chi connectivity index (χ2v) is 28.8. The summed E-state index contributed by atoms with van der Waals surface area (Å²) in [7, 11) is 0. The van der Waals surface area contributed by atoms with Gasteiger partial charge in [0.25, 0.3) is 6.71 Å². The van der Waals surface area contributed by atoms with Gasteiger partial charge in [0.05, 0.1) is 22.6 Å². The Morgan fingerprint density at radius 1 is 0.494 bits per heavy atom. The van der Waals surface area contributed by atoms with Crippen LogP contribution in [0.25, 0.3) is 22.1 Å². The third-order valence-electron chi connectivity index (χ3n) is 19.9. The van der Waals surface area contributed by atoms with Gasteiger partial charge in [0, 0.05) is 44.9 Å². The first-order chi connectivity index (χ1) is 36.3. The topological polar surface area (TPSA) is 22.9 Å². The number of rotatable bonds is 5. The molecule has 0 saturated heterocycles. The minimum absolute atomic E-state index is 0.00312. The summed E-state index contributed by atoms with van der Waals surface area (Å²) < 4.78 is 7.79. The van der Waals surface area contributed by atoms with E-state index in [1.54, 1.807) is 0 Å². The first-order valence-electron chi connectivity index (χ1n) is 29.0. The van der Waals surface area contributed by atoms with E-state index < -0.39 is 0 Å². The van der Waals surface area contributed by atoms with Gasteiger partial charge < -0.3 is 19.1 Å². The molecule has 77 heavy (non-hydrogen) atoms. The molecule has 0 spiro atoms. The number of nitrogens with zero attached hydrogens (tertiary/aromatic N) is 3. The van der Waals surface area contributed by atoms with Crippen molar-refractivity contribution in [1.82, 2.24) is 0 Å². The molecule has 5 heteroatoms. The first-order valence-corrected chi connectivity index (χ1v) is 29.0. The standard InChI is InChI=1S/C72H80BN3O/c1-66(2,3)47-23-29-50(30-24-47)74(51-31-25-48(26-32-51)67(4,5)6)53-41-59-62-60(42-53)76-64-57(71(14)35-19-20-36-72(71,76)15)39-46(45-21-17-16-18-22-45)40-58(64)73(62)65-63(75(59)52-33-27-49(28-34-52)68(7,8)9)54-43-55-56(44-61(54)77-65)70(12,13)38-37-69(55,10)11/h16-18,21-34,39-44H,19-20,35-38H2,1-15H3. The van der Waals surface area contributed by atoms with Crippen molar-refractivity contribution in [2.75, 3.05) is 14.7 Å². The van der Waals surface area contributed by atoms with Crippen LogP contribution >= 0.6 is 0 Å². The molecule has 2 atom stereocenters. The lowest BCUT2D eigenvalue weighted by atomic mass is 9.35. The summed E-state index contributed by atoms with van der Waals surface area (Å²) >= 11 is 0. The Labute approximate surface area is 461 Å². The van der Waals surface area contributed by atoms with Crippen LogP contribution in [-0.2, 0) is 32.5 Å². The van der Waals surface area contributed by atoms with Crippen molar-refractivity contribution >= 4 is 79.8 Å². The van der Waals surface area contributed by atoms with Crippen molar-refractivity contribution in [3.8, 4) is 11.1 Å². The van der Waals surface area contributed by atoms with E-state index in [0.29, 0.717) is 0 Å². The number of hydrogen-bond donors (Lipinski definition) is 0. The van der Waals surface area contributed by atoms with E-state index in [-0.39, 0.29) is 44.7 Å². The van der Waals surface area contributed by atoms with Crippen LogP contribution in [0.2, 0.25) is 0 Å². The van der Waals surface area contributed by atoms with Gasteiger partial charge in [-0.25, -0.2) is 0 Å². The van der Waals surface area contributed by atoms with Gasteiger partial charge in [0.2, 0.25) is 0 Å². The maximum absolute atomic E-state index is 7.79. The maximum atomic E-state index is 7.79. The molecule has 1 fully saturated rings. The van der Waals surface area contributed by atoms with Crippen LogP contribution in [0.5, 0.6) is 0 Å². The molecular formula is C72H80BN3O. The highest BCUT2D eigenvalue weighted by molar-refractivity contribution is 7.00. The van der Waals surface area contributed by atoms with Crippen molar-refractivity contribution in [2.45, 2.75) is 180 Å². The summed E-state index contributed by atoms with van der Waals surface area (Å²) in [6.45, 7) is 35.7. The monoisotopic (exact) mass is 1010 g/mol. The van der Waals surface area contributed by atoms with Crippen molar-refractivity contribution < 1.29 is 4.42 Å². The minimum atomic E-state index is -0.188. The molecule has 2 aliphatic carbocycles. The van der Waals surface area contributed by atoms with Gasteiger partial charge in [-0.3, -0.25) is 0 Å². The van der Waals surface area contributed by atoms with Crippen LogP contribution in [0.1, 0.15) is 176 Å². The van der Waals surface area contributed by atoms with Gasteiger partial charge in [-0.2, -0.15) is 0 Å². The molecule has 1 aromatic heterocycles. The van der Waals surface area contributed by atoms with Crippen molar-refractivity contribution in [3.63, 3.8) is 0 Å². The van der Waals surface area contributed by atoms with E-state index in [1.807, 2.05) is 0 Å². The van der Waals surface area contributed by atoms with Gasteiger partial charge in [-0.15, -0.1) is 0 Å². The SMILES string of the molecule is CC(C)(C)c1ccc(N(c2ccc(C(C)(C)C)cc2)c2cc3c4c(c2)N2c5c(cc(-c6ccccc6)cc5C5(C)CCCCC25C)B4c2oc4cc5c(cc4c2N3c2ccc(C(C)(C)C)cc2)C(C)(C)CCC5(C)C)cc1. The van der Waals surface area contributed by atoms with Gasteiger partial charge in [-0.1, -0.05) is 183 Å². The number of furan rings is 1. The fourth-order valence-electron chi connectivity index (χ4n) is 14.8. The molecule has 0 radical (unpaired) electrons. The summed E-state index contributed by atoms with van der Waals surface area (Å²) in [6, 6.07) is 54.8. The zero-order chi connectivity index (χ0) is 54.1. The van der Waals surface area contributed by atoms with Crippen LogP contribution < -0.4 is 31.3 Å². The molecule has 392 valence electrons. The van der Waals surface area contributed by atoms with Gasteiger partial charge in [0.1, 0.15) is 5.58 Å². The molecular weight excluding hydrogens is 934 g/mol. The predicted octanol–water partition coefficient (Wildman–Crippen LogP) is 18.2. The largest absolute Gasteiger partial charge is 0.468 e. The smallest absolute Gasteiger partial charge is 0.297 e. The van der Waals surface area contributed by atoms with Crippen LogP contribution in [0.3, 0.4) is 0 Å². The molecule has 0 N–H and O–H groups in total. The molecule has 3 aliphatic heterocycles. The maximum Gasteiger partial charge on any atom is 0.297 e. The Kier molecular flexibility index (Phi) is 10.8. The normalized spacial score (nSPS) is 20.8. The van der Waals surface area contributed by atoms with Crippen molar-refractivity contribution in [1.29, 1.82) is 0 Å². The molecule has 13 rings (SSSR count). The molecule has 0 bridgehead atoms. The van der Waals surface area contributed by atoms with E-state index in [4.69, 9.17) is 4.42 Å². The Hall–Kier alpha value is -6.46. The summed E-state index contributed by atoms with van der Waals surface area (Å²) in [6.07, 6.45) is 6.96. The van der Waals surface area contributed by atoms with Crippen LogP contribution in [0, 0.1) is 0 Å². The average Bonchev–Trinajstić information content (AvgIpc) is 3.17. The zero-order valence-electron chi connectivity index (χ0n) is 48.8. The van der Waals surface area contributed by atoms with Gasteiger partial charge in [-0.05, 0) is 182 Å². The lowest BCUT2D eigenvalue weighted by Crippen LogP contribution is -2.64. The number of anilines is 8. The van der Waals surface area contributed by atoms with E-state index >= 15 is 0 Å². The van der Waals surface area contributed by atoms with Gasteiger partial charge >= 0.3 is 0 Å². The molecule has 1 saturated carbocycles. The second-order valence-electron chi connectivity index (χ2n) is 28.8. The summed E-state index contributed by atoms with van der Waals surface area (Å²) in [4.78, 5) is 8.06. The number of hydrogen-bond acceptors (Lipinski definition) is 4. The second kappa shape index (κ2) is 16.5. The fraction of sp³-hybridized carbons (Fsp3) is 0.389. The van der Waals surface area contributed by atoms with Crippen LogP contribution in [-0.4, -0.2) is 12.3 Å². The molecule has 8 aromatic rings. The summed E-state index contributed by atoms with van der Waals surface area (Å²) in [5.41, 5.74) is 25.0. The van der Waals surface area contributed by atoms with E-state index in [0.717, 1.165) is 59.7 Å². The highest BCUT2D eigenvalue weighted by atomic mass is 16.3. The summed E-state index contributed by atoms with van der Waals surface area (Å²) in [5, 5.41) is 1.19. The van der Waals surface area contributed by atoms with Gasteiger partial charge in [0.15, 0.2) is 0 Å². The molecule has 4 heterocycles. The number of benzene rings is 7. The van der Waals surface area contributed by atoms with Crippen LogP contribution in [0.15, 0.2) is 144 Å². The minimum Gasteiger partial charge on any atom is -0.468 e. The van der Waals surface area contributed by atoms with E-state index in [2.05, 4.69) is 258 Å².